The van der Waals surface area contributed by atoms with E-state index < -0.39 is 11.0 Å². The molecule has 98 valence electrons. The predicted molar refractivity (Wildman–Crippen MR) is 70.4 cm³/mol. The van der Waals surface area contributed by atoms with Gasteiger partial charge in [0.15, 0.2) is 0 Å². The van der Waals surface area contributed by atoms with Gasteiger partial charge in [-0.05, 0) is 32.1 Å². The topological polar surface area (TPSA) is 44.0 Å². The molecule has 0 radical (unpaired) electrons. The Kier molecular flexibility index (Phi) is 5.01. The molecule has 1 aliphatic rings. The van der Waals surface area contributed by atoms with Crippen molar-refractivity contribution in [1.82, 2.24) is 0 Å². The fourth-order valence-electron chi connectivity index (χ4n) is 3.22. The smallest absolute Gasteiger partial charge is 0.0860 e. The SMILES string of the molecule is CCCCCC(C)(O)C1(C#N)CCCC(C)C1. The van der Waals surface area contributed by atoms with Gasteiger partial charge in [-0.3, -0.25) is 0 Å². The summed E-state index contributed by atoms with van der Waals surface area (Å²) in [6, 6.07) is 2.47. The molecular formula is C15H27NO. The van der Waals surface area contributed by atoms with E-state index in [0.29, 0.717) is 5.92 Å². The van der Waals surface area contributed by atoms with Crippen molar-refractivity contribution in [2.24, 2.45) is 11.3 Å². The van der Waals surface area contributed by atoms with E-state index in [1.54, 1.807) is 0 Å². The molecule has 3 unspecified atom stereocenters. The molecule has 0 aromatic rings. The second kappa shape index (κ2) is 5.87. The average Bonchev–Trinajstić information content (AvgIpc) is 2.29. The van der Waals surface area contributed by atoms with Gasteiger partial charge in [-0.1, -0.05) is 46.0 Å². The highest BCUT2D eigenvalue weighted by Crippen LogP contribution is 2.48. The normalized spacial score (nSPS) is 32.8. The number of rotatable bonds is 5. The minimum Gasteiger partial charge on any atom is -0.389 e. The van der Waals surface area contributed by atoms with Gasteiger partial charge in [0.2, 0.25) is 0 Å². The quantitative estimate of drug-likeness (QED) is 0.733. The van der Waals surface area contributed by atoms with Crippen molar-refractivity contribution >= 4 is 0 Å². The van der Waals surface area contributed by atoms with Crippen LogP contribution in [-0.2, 0) is 0 Å². The van der Waals surface area contributed by atoms with Crippen LogP contribution in [0, 0.1) is 22.7 Å². The molecule has 1 N–H and O–H groups in total. The van der Waals surface area contributed by atoms with Crippen molar-refractivity contribution in [3.8, 4) is 6.07 Å². The number of nitriles is 1. The summed E-state index contributed by atoms with van der Waals surface area (Å²) in [6.07, 6.45) is 8.12. The monoisotopic (exact) mass is 237 g/mol. The van der Waals surface area contributed by atoms with Crippen LogP contribution in [0.25, 0.3) is 0 Å². The summed E-state index contributed by atoms with van der Waals surface area (Å²) in [5.41, 5.74) is -1.32. The lowest BCUT2D eigenvalue weighted by Crippen LogP contribution is -2.47. The molecule has 0 saturated heterocycles. The van der Waals surface area contributed by atoms with Gasteiger partial charge >= 0.3 is 0 Å². The largest absolute Gasteiger partial charge is 0.389 e. The maximum atomic E-state index is 10.7. The first-order valence-corrected chi connectivity index (χ1v) is 7.11. The number of nitrogens with zero attached hydrogens (tertiary/aromatic N) is 1. The lowest BCUT2D eigenvalue weighted by atomic mass is 9.61. The molecule has 1 rings (SSSR count). The van der Waals surface area contributed by atoms with Crippen LogP contribution in [-0.4, -0.2) is 10.7 Å². The summed E-state index contributed by atoms with van der Waals surface area (Å²) >= 11 is 0. The second-order valence-corrected chi connectivity index (χ2v) is 6.13. The molecule has 2 nitrogen and oxygen atoms in total. The molecular weight excluding hydrogens is 210 g/mol. The molecule has 0 aromatic carbocycles. The maximum Gasteiger partial charge on any atom is 0.0860 e. The van der Waals surface area contributed by atoms with Crippen molar-refractivity contribution in [2.75, 3.05) is 0 Å². The first kappa shape index (κ1) is 14.5. The summed E-state index contributed by atoms with van der Waals surface area (Å²) < 4.78 is 0. The van der Waals surface area contributed by atoms with E-state index in [-0.39, 0.29) is 0 Å². The van der Waals surface area contributed by atoms with Crippen LogP contribution < -0.4 is 0 Å². The van der Waals surface area contributed by atoms with E-state index in [0.717, 1.165) is 44.9 Å². The summed E-state index contributed by atoms with van der Waals surface area (Å²) in [6.45, 7) is 6.24. The highest BCUT2D eigenvalue weighted by molar-refractivity contribution is 5.11. The molecule has 1 saturated carbocycles. The third kappa shape index (κ3) is 3.22. The fourth-order valence-corrected chi connectivity index (χ4v) is 3.22. The third-order valence-electron chi connectivity index (χ3n) is 4.51. The van der Waals surface area contributed by atoms with Crippen LogP contribution >= 0.6 is 0 Å². The molecule has 0 aromatic heterocycles. The number of hydrogen-bond acceptors (Lipinski definition) is 2. The van der Waals surface area contributed by atoms with Crippen molar-refractivity contribution in [2.45, 2.75) is 77.7 Å². The fraction of sp³-hybridized carbons (Fsp3) is 0.933. The molecule has 0 amide bonds. The molecule has 0 bridgehead atoms. The predicted octanol–water partition coefficient (Wildman–Crippen LogP) is 4.04. The summed E-state index contributed by atoms with van der Waals surface area (Å²) in [4.78, 5) is 0. The molecule has 17 heavy (non-hydrogen) atoms. The van der Waals surface area contributed by atoms with Gasteiger partial charge in [0.25, 0.3) is 0 Å². The van der Waals surface area contributed by atoms with E-state index in [1.807, 2.05) is 6.92 Å². The van der Waals surface area contributed by atoms with Crippen LogP contribution in [0.4, 0.5) is 0 Å². The molecule has 1 fully saturated rings. The van der Waals surface area contributed by atoms with Gasteiger partial charge in [0, 0.05) is 0 Å². The van der Waals surface area contributed by atoms with E-state index in [4.69, 9.17) is 0 Å². The van der Waals surface area contributed by atoms with Gasteiger partial charge in [0.05, 0.1) is 17.1 Å². The zero-order valence-corrected chi connectivity index (χ0v) is 11.6. The average molecular weight is 237 g/mol. The number of aliphatic hydroxyl groups is 1. The first-order chi connectivity index (χ1) is 7.97. The molecule has 0 heterocycles. The second-order valence-electron chi connectivity index (χ2n) is 6.13. The molecule has 1 aliphatic carbocycles. The van der Waals surface area contributed by atoms with E-state index in [9.17, 15) is 10.4 Å². The summed E-state index contributed by atoms with van der Waals surface area (Å²) in [5, 5.41) is 20.3. The Balaban J connectivity index is 2.73. The highest BCUT2D eigenvalue weighted by atomic mass is 16.3. The lowest BCUT2D eigenvalue weighted by Gasteiger charge is -2.45. The number of unbranched alkanes of at least 4 members (excludes halogenated alkanes) is 2. The first-order valence-electron chi connectivity index (χ1n) is 7.11. The van der Waals surface area contributed by atoms with Crippen LogP contribution in [0.15, 0.2) is 0 Å². The van der Waals surface area contributed by atoms with Crippen molar-refractivity contribution in [3.05, 3.63) is 0 Å². The Labute approximate surface area is 106 Å². The maximum absolute atomic E-state index is 10.7. The lowest BCUT2D eigenvalue weighted by molar-refractivity contribution is -0.0732. The van der Waals surface area contributed by atoms with Crippen molar-refractivity contribution < 1.29 is 5.11 Å². The Morgan fingerprint density at radius 2 is 2.18 bits per heavy atom. The highest BCUT2D eigenvalue weighted by Gasteiger charge is 2.48. The standard InChI is InChI=1S/C15H27NO/c1-4-5-6-9-14(3,17)15(12-16)10-7-8-13(2)11-15/h13,17H,4-11H2,1-3H3. The van der Waals surface area contributed by atoms with Gasteiger partial charge in [0.1, 0.15) is 0 Å². The van der Waals surface area contributed by atoms with Gasteiger partial charge < -0.3 is 5.11 Å². The molecule has 0 aliphatic heterocycles. The van der Waals surface area contributed by atoms with Gasteiger partial charge in [-0.2, -0.15) is 5.26 Å². The molecule has 0 spiro atoms. The Hall–Kier alpha value is -0.550. The van der Waals surface area contributed by atoms with Gasteiger partial charge in [-0.25, -0.2) is 0 Å². The number of hydrogen-bond donors (Lipinski definition) is 1. The summed E-state index contributed by atoms with van der Waals surface area (Å²) in [5.74, 6) is 0.570. The Morgan fingerprint density at radius 1 is 1.47 bits per heavy atom. The zero-order chi connectivity index (χ0) is 12.9. The Morgan fingerprint density at radius 3 is 2.71 bits per heavy atom. The van der Waals surface area contributed by atoms with Crippen LogP contribution in [0.5, 0.6) is 0 Å². The van der Waals surface area contributed by atoms with E-state index >= 15 is 0 Å². The van der Waals surface area contributed by atoms with Crippen LogP contribution in [0.1, 0.15) is 72.1 Å². The Bertz CT molecular complexity index is 279. The third-order valence-corrected chi connectivity index (χ3v) is 4.51. The minimum atomic E-state index is -0.814. The van der Waals surface area contributed by atoms with Crippen LogP contribution in [0.2, 0.25) is 0 Å². The van der Waals surface area contributed by atoms with E-state index in [1.165, 1.54) is 6.42 Å². The summed E-state index contributed by atoms with van der Waals surface area (Å²) in [7, 11) is 0. The van der Waals surface area contributed by atoms with Crippen molar-refractivity contribution in [1.29, 1.82) is 5.26 Å². The molecule has 2 heteroatoms. The molecule has 3 atom stereocenters. The minimum absolute atomic E-state index is 0.502. The zero-order valence-electron chi connectivity index (χ0n) is 11.6. The van der Waals surface area contributed by atoms with Crippen LogP contribution in [0.3, 0.4) is 0 Å². The van der Waals surface area contributed by atoms with Crippen molar-refractivity contribution in [3.63, 3.8) is 0 Å². The van der Waals surface area contributed by atoms with Gasteiger partial charge in [-0.15, -0.1) is 0 Å². The van der Waals surface area contributed by atoms with E-state index in [2.05, 4.69) is 19.9 Å².